The molecule has 1 N–H and O–H groups in total. The van der Waals surface area contributed by atoms with E-state index >= 15 is 0 Å². The zero-order valence-electron chi connectivity index (χ0n) is 19.1. The van der Waals surface area contributed by atoms with Crippen molar-refractivity contribution < 1.29 is 4.79 Å². The van der Waals surface area contributed by atoms with Crippen LogP contribution in [-0.4, -0.2) is 25.1 Å². The van der Waals surface area contributed by atoms with Gasteiger partial charge in [0.05, 0.1) is 22.6 Å². The third-order valence-corrected chi connectivity index (χ3v) is 6.14. The van der Waals surface area contributed by atoms with E-state index in [0.29, 0.717) is 27.7 Å². The smallest absolute Gasteiger partial charge is 0.295 e. The van der Waals surface area contributed by atoms with Crippen LogP contribution in [0.4, 0.5) is 5.69 Å². The molecule has 0 spiro atoms. The van der Waals surface area contributed by atoms with Crippen LogP contribution >= 0.6 is 11.6 Å². The number of halogens is 1. The van der Waals surface area contributed by atoms with Crippen molar-refractivity contribution in [3.8, 4) is 22.6 Å². The molecular weight excluding hydrogens is 462 g/mol. The highest BCUT2D eigenvalue weighted by Gasteiger charge is 2.23. The maximum absolute atomic E-state index is 13.5. The summed E-state index contributed by atoms with van der Waals surface area (Å²) in [6, 6.07) is 25.9. The lowest BCUT2D eigenvalue weighted by Gasteiger charge is -2.07. The summed E-state index contributed by atoms with van der Waals surface area (Å²) in [6.07, 6.45) is 1.67. The summed E-state index contributed by atoms with van der Waals surface area (Å²) >= 11 is 6.07. The Morgan fingerprint density at radius 2 is 1.49 bits per heavy atom. The van der Waals surface area contributed by atoms with E-state index in [2.05, 4.69) is 10.4 Å². The number of nitrogens with one attached hydrogen (secondary N) is 1. The third-order valence-electron chi connectivity index (χ3n) is 5.89. The highest BCUT2D eigenvalue weighted by Crippen LogP contribution is 2.26. The number of carbonyl (C=O) groups excluding carboxylic acids is 1. The van der Waals surface area contributed by atoms with E-state index in [-0.39, 0.29) is 11.2 Å². The SMILES string of the molecule is Cc1c(NC(=O)c2cn(-c3ccccc3)nc2-c2ccc(Cl)cc2)c(=O)n(-c2ccccc2)n1C. The average molecular weight is 484 g/mol. The van der Waals surface area contributed by atoms with Crippen molar-refractivity contribution in [3.63, 3.8) is 0 Å². The number of nitrogens with zero attached hydrogens (tertiary/aromatic N) is 4. The van der Waals surface area contributed by atoms with Gasteiger partial charge in [0.1, 0.15) is 11.4 Å². The van der Waals surface area contributed by atoms with E-state index < -0.39 is 5.91 Å². The lowest BCUT2D eigenvalue weighted by atomic mass is 10.1. The molecule has 2 aromatic heterocycles. The molecule has 3 aromatic carbocycles. The predicted molar refractivity (Wildman–Crippen MR) is 138 cm³/mol. The van der Waals surface area contributed by atoms with Crippen molar-refractivity contribution in [2.24, 2.45) is 7.05 Å². The summed E-state index contributed by atoms with van der Waals surface area (Å²) < 4.78 is 4.90. The van der Waals surface area contributed by atoms with Gasteiger partial charge in [-0.1, -0.05) is 60.1 Å². The number of para-hydroxylation sites is 2. The van der Waals surface area contributed by atoms with Crippen molar-refractivity contribution in [1.29, 1.82) is 0 Å². The van der Waals surface area contributed by atoms with Gasteiger partial charge in [-0.25, -0.2) is 9.36 Å². The molecule has 0 saturated heterocycles. The van der Waals surface area contributed by atoms with Gasteiger partial charge in [-0.3, -0.25) is 14.3 Å². The van der Waals surface area contributed by atoms with E-state index in [1.54, 1.807) is 41.7 Å². The van der Waals surface area contributed by atoms with E-state index in [0.717, 1.165) is 11.3 Å². The second kappa shape index (κ2) is 9.12. The van der Waals surface area contributed by atoms with Gasteiger partial charge in [-0.15, -0.1) is 0 Å². The minimum atomic E-state index is -0.428. The quantitative estimate of drug-likeness (QED) is 0.371. The summed E-state index contributed by atoms with van der Waals surface area (Å²) in [5.74, 6) is -0.428. The number of carbonyl (C=O) groups is 1. The molecule has 2 heterocycles. The van der Waals surface area contributed by atoms with Crippen LogP contribution in [-0.2, 0) is 7.05 Å². The first-order valence-corrected chi connectivity index (χ1v) is 11.4. The number of hydrogen-bond acceptors (Lipinski definition) is 3. The van der Waals surface area contributed by atoms with E-state index in [1.165, 1.54) is 4.68 Å². The predicted octanol–water partition coefficient (Wildman–Crippen LogP) is 5.24. The van der Waals surface area contributed by atoms with Gasteiger partial charge in [0.2, 0.25) is 0 Å². The zero-order chi connectivity index (χ0) is 24.5. The molecule has 5 rings (SSSR count). The number of amides is 1. The molecule has 0 saturated carbocycles. The van der Waals surface area contributed by atoms with Gasteiger partial charge >= 0.3 is 0 Å². The Bertz CT molecular complexity index is 1570. The number of aromatic nitrogens is 4. The Labute approximate surface area is 206 Å². The Balaban J connectivity index is 1.58. The Morgan fingerprint density at radius 3 is 2.11 bits per heavy atom. The molecular formula is C27H22ClN5O2. The first kappa shape index (κ1) is 22.4. The third kappa shape index (κ3) is 4.18. The summed E-state index contributed by atoms with van der Waals surface area (Å²) in [4.78, 5) is 26.8. The van der Waals surface area contributed by atoms with Gasteiger partial charge in [0, 0.05) is 23.8 Å². The molecule has 0 fully saturated rings. The maximum Gasteiger partial charge on any atom is 0.295 e. The van der Waals surface area contributed by atoms with Gasteiger partial charge in [0.15, 0.2) is 0 Å². The van der Waals surface area contributed by atoms with E-state index in [4.69, 9.17) is 11.6 Å². The molecule has 0 unspecified atom stereocenters. The van der Waals surface area contributed by atoms with Crippen molar-refractivity contribution >= 4 is 23.2 Å². The molecule has 35 heavy (non-hydrogen) atoms. The van der Waals surface area contributed by atoms with Crippen LogP contribution in [0.2, 0.25) is 5.02 Å². The molecule has 0 bridgehead atoms. The second-order valence-corrected chi connectivity index (χ2v) is 8.51. The molecule has 0 radical (unpaired) electrons. The van der Waals surface area contributed by atoms with Crippen molar-refractivity contribution in [2.75, 3.05) is 5.32 Å². The fourth-order valence-corrected chi connectivity index (χ4v) is 4.09. The first-order valence-electron chi connectivity index (χ1n) is 11.0. The highest BCUT2D eigenvalue weighted by molar-refractivity contribution is 6.30. The largest absolute Gasteiger partial charge is 0.316 e. The Kier molecular flexibility index (Phi) is 5.84. The summed E-state index contributed by atoms with van der Waals surface area (Å²) in [6.45, 7) is 1.80. The highest BCUT2D eigenvalue weighted by atomic mass is 35.5. The fourth-order valence-electron chi connectivity index (χ4n) is 3.97. The Hall–Kier alpha value is -4.36. The van der Waals surface area contributed by atoms with Crippen molar-refractivity contribution in [2.45, 2.75) is 6.92 Å². The Morgan fingerprint density at radius 1 is 0.886 bits per heavy atom. The monoisotopic (exact) mass is 483 g/mol. The number of benzene rings is 3. The molecule has 0 aliphatic heterocycles. The van der Waals surface area contributed by atoms with Crippen molar-refractivity contribution in [3.05, 3.63) is 118 Å². The molecule has 174 valence electrons. The topological polar surface area (TPSA) is 73.8 Å². The van der Waals surface area contributed by atoms with Crippen LogP contribution in [0.1, 0.15) is 16.1 Å². The van der Waals surface area contributed by atoms with Crippen LogP contribution in [0.3, 0.4) is 0 Å². The number of rotatable bonds is 5. The van der Waals surface area contributed by atoms with Crippen LogP contribution in [0, 0.1) is 6.92 Å². The van der Waals surface area contributed by atoms with Crippen molar-refractivity contribution in [1.82, 2.24) is 19.1 Å². The molecule has 1 amide bonds. The van der Waals surface area contributed by atoms with Gasteiger partial charge in [-0.2, -0.15) is 5.10 Å². The molecule has 5 aromatic rings. The molecule has 0 atom stereocenters. The van der Waals surface area contributed by atoms with Gasteiger partial charge in [-0.05, 0) is 43.3 Å². The minimum absolute atomic E-state index is 0.218. The van der Waals surface area contributed by atoms with Crippen LogP contribution < -0.4 is 10.9 Å². The molecule has 0 aliphatic carbocycles. The zero-order valence-corrected chi connectivity index (χ0v) is 19.9. The fraction of sp³-hybridized carbons (Fsp3) is 0.0741. The number of hydrogen-bond donors (Lipinski definition) is 1. The summed E-state index contributed by atoms with van der Waals surface area (Å²) in [5.41, 5.74) is 3.62. The lowest BCUT2D eigenvalue weighted by Crippen LogP contribution is -2.23. The van der Waals surface area contributed by atoms with Crippen LogP contribution in [0.15, 0.2) is 95.9 Å². The van der Waals surface area contributed by atoms with Crippen LogP contribution in [0.25, 0.3) is 22.6 Å². The number of anilines is 1. The molecule has 7 nitrogen and oxygen atoms in total. The average Bonchev–Trinajstić information content (AvgIpc) is 3.41. The van der Waals surface area contributed by atoms with E-state index in [1.807, 2.05) is 72.8 Å². The summed E-state index contributed by atoms with van der Waals surface area (Å²) in [7, 11) is 1.78. The second-order valence-electron chi connectivity index (χ2n) is 8.07. The van der Waals surface area contributed by atoms with Gasteiger partial charge in [0.25, 0.3) is 11.5 Å². The van der Waals surface area contributed by atoms with Crippen LogP contribution in [0.5, 0.6) is 0 Å². The normalized spacial score (nSPS) is 10.9. The van der Waals surface area contributed by atoms with Gasteiger partial charge < -0.3 is 5.32 Å². The lowest BCUT2D eigenvalue weighted by molar-refractivity contribution is 0.102. The molecule has 8 heteroatoms. The first-order chi connectivity index (χ1) is 16.9. The standard InChI is InChI=1S/C27H22ClN5O2/c1-18-24(27(35)33(31(18)2)22-11-7-4-8-12-22)29-26(34)23-17-32(21-9-5-3-6-10-21)30-25(23)19-13-15-20(28)16-14-19/h3-17H,1-2H3,(H,29,34). The minimum Gasteiger partial charge on any atom is -0.316 e. The van der Waals surface area contributed by atoms with E-state index in [9.17, 15) is 9.59 Å². The summed E-state index contributed by atoms with van der Waals surface area (Å²) in [5, 5.41) is 8.11. The molecule has 0 aliphatic rings. The maximum atomic E-state index is 13.5.